The maximum Gasteiger partial charge on any atom is 0.416 e. The number of fused-ring (bicyclic) bond motifs is 1. The maximum atomic E-state index is 12.8. The molecule has 0 aliphatic heterocycles. The van der Waals surface area contributed by atoms with Crippen LogP contribution in [0.5, 0.6) is 0 Å². The lowest BCUT2D eigenvalue weighted by molar-refractivity contribution is -0.137. The minimum absolute atomic E-state index is 0.175. The van der Waals surface area contributed by atoms with Crippen molar-refractivity contribution in [2.75, 3.05) is 0 Å². The van der Waals surface area contributed by atoms with Crippen molar-refractivity contribution in [3.05, 3.63) is 45.8 Å². The molecule has 0 atom stereocenters. The second kappa shape index (κ2) is 5.44. The summed E-state index contributed by atoms with van der Waals surface area (Å²) in [5.74, 6) is 0.563. The van der Waals surface area contributed by atoms with Crippen LogP contribution in [0.15, 0.2) is 28.8 Å². The Labute approximate surface area is 140 Å². The lowest BCUT2D eigenvalue weighted by Crippen LogP contribution is -2.04. The van der Waals surface area contributed by atoms with E-state index in [1.54, 1.807) is 17.4 Å². The number of aromatic nitrogens is 2. The third-order valence-corrected chi connectivity index (χ3v) is 5.42. The molecular formula is C17H13F3N2OS. The predicted octanol–water partition coefficient (Wildman–Crippen LogP) is 5.28. The number of rotatable bonds is 2. The smallest absolute Gasteiger partial charge is 0.333 e. The van der Waals surface area contributed by atoms with Gasteiger partial charge in [0, 0.05) is 10.4 Å². The zero-order valence-corrected chi connectivity index (χ0v) is 13.6. The van der Waals surface area contributed by atoms with Gasteiger partial charge in [-0.2, -0.15) is 18.2 Å². The van der Waals surface area contributed by atoms with Crippen LogP contribution in [-0.4, -0.2) is 10.1 Å². The van der Waals surface area contributed by atoms with E-state index in [1.807, 2.05) is 0 Å². The van der Waals surface area contributed by atoms with E-state index in [1.165, 1.54) is 22.1 Å². The summed E-state index contributed by atoms with van der Waals surface area (Å²) in [6.45, 7) is 2.07. The van der Waals surface area contributed by atoms with Gasteiger partial charge in [-0.3, -0.25) is 0 Å². The number of benzene rings is 1. The minimum atomic E-state index is -4.39. The van der Waals surface area contributed by atoms with Crippen LogP contribution in [0.4, 0.5) is 13.2 Å². The molecule has 7 heteroatoms. The average Bonchev–Trinajstić information content (AvgIpc) is 3.25. The van der Waals surface area contributed by atoms with Crippen molar-refractivity contribution in [3.8, 4) is 22.2 Å². The molecule has 4 rings (SSSR count). The summed E-state index contributed by atoms with van der Waals surface area (Å²) >= 11 is 1.61. The lowest BCUT2D eigenvalue weighted by Gasteiger charge is -2.06. The second-order valence-corrected chi connectivity index (χ2v) is 7.02. The first kappa shape index (κ1) is 15.4. The van der Waals surface area contributed by atoms with E-state index >= 15 is 0 Å². The standard InChI is InChI=1S/C17H13F3N2OS/c1-9-12-6-3-7-13(12)14(24-9)16-21-15(22-23-16)10-4-2-5-11(8-10)17(18,19)20/h2,4-5,8H,3,6-7H2,1H3. The average molecular weight is 350 g/mol. The Morgan fingerprint density at radius 2 is 1.96 bits per heavy atom. The number of alkyl halides is 3. The maximum absolute atomic E-state index is 12.8. The Morgan fingerprint density at radius 3 is 2.75 bits per heavy atom. The molecule has 0 fully saturated rings. The molecule has 0 bridgehead atoms. The summed E-state index contributed by atoms with van der Waals surface area (Å²) in [5.41, 5.74) is 2.18. The summed E-state index contributed by atoms with van der Waals surface area (Å²) in [7, 11) is 0. The molecule has 0 amide bonds. The first-order valence-electron chi connectivity index (χ1n) is 7.56. The third-order valence-electron chi connectivity index (χ3n) is 4.24. The summed E-state index contributed by atoms with van der Waals surface area (Å²) in [4.78, 5) is 6.53. The molecule has 3 aromatic rings. The lowest BCUT2D eigenvalue weighted by atomic mass is 10.1. The zero-order chi connectivity index (χ0) is 16.9. The first-order valence-corrected chi connectivity index (χ1v) is 8.38. The largest absolute Gasteiger partial charge is 0.416 e. The van der Waals surface area contributed by atoms with Crippen LogP contribution in [-0.2, 0) is 19.0 Å². The molecule has 2 aromatic heterocycles. The van der Waals surface area contributed by atoms with Crippen LogP contribution in [0.1, 0.15) is 28.0 Å². The van der Waals surface area contributed by atoms with Gasteiger partial charge in [0.25, 0.3) is 5.89 Å². The van der Waals surface area contributed by atoms with Crippen molar-refractivity contribution >= 4 is 11.3 Å². The molecule has 1 aliphatic rings. The molecule has 0 unspecified atom stereocenters. The first-order chi connectivity index (χ1) is 11.4. The van der Waals surface area contributed by atoms with Crippen molar-refractivity contribution in [1.82, 2.24) is 10.1 Å². The van der Waals surface area contributed by atoms with E-state index in [2.05, 4.69) is 17.1 Å². The highest BCUT2D eigenvalue weighted by molar-refractivity contribution is 7.15. The molecule has 124 valence electrons. The molecule has 0 N–H and O–H groups in total. The monoisotopic (exact) mass is 350 g/mol. The van der Waals surface area contributed by atoms with Crippen LogP contribution in [0, 0.1) is 6.92 Å². The summed E-state index contributed by atoms with van der Waals surface area (Å²) < 4.78 is 43.9. The second-order valence-electron chi connectivity index (χ2n) is 5.80. The number of hydrogen-bond donors (Lipinski definition) is 0. The molecule has 1 aromatic carbocycles. The Hall–Kier alpha value is -2.15. The van der Waals surface area contributed by atoms with Crippen molar-refractivity contribution in [3.63, 3.8) is 0 Å². The van der Waals surface area contributed by atoms with Crippen LogP contribution >= 0.6 is 11.3 Å². The molecule has 0 saturated heterocycles. The summed E-state index contributed by atoms with van der Waals surface area (Å²) in [5, 5.41) is 3.87. The van der Waals surface area contributed by atoms with Crippen LogP contribution in [0.3, 0.4) is 0 Å². The van der Waals surface area contributed by atoms with E-state index in [4.69, 9.17) is 4.52 Å². The highest BCUT2D eigenvalue weighted by atomic mass is 32.1. The van der Waals surface area contributed by atoms with Gasteiger partial charge in [-0.25, -0.2) is 0 Å². The van der Waals surface area contributed by atoms with Gasteiger partial charge in [0.15, 0.2) is 0 Å². The van der Waals surface area contributed by atoms with Crippen molar-refractivity contribution in [2.45, 2.75) is 32.4 Å². The number of thiophene rings is 1. The SMILES string of the molecule is Cc1sc(-c2nc(-c3cccc(C(F)(F)F)c3)no2)c2c1CCC2. The Bertz CT molecular complexity index is 911. The van der Waals surface area contributed by atoms with E-state index in [9.17, 15) is 13.2 Å². The minimum Gasteiger partial charge on any atom is -0.333 e. The van der Waals surface area contributed by atoms with Crippen molar-refractivity contribution < 1.29 is 17.7 Å². The topological polar surface area (TPSA) is 38.9 Å². The molecular weight excluding hydrogens is 337 g/mol. The van der Waals surface area contributed by atoms with Gasteiger partial charge < -0.3 is 4.52 Å². The highest BCUT2D eigenvalue weighted by Gasteiger charge is 2.31. The number of nitrogens with zero attached hydrogens (tertiary/aromatic N) is 2. The van der Waals surface area contributed by atoms with Gasteiger partial charge in [-0.05, 0) is 49.4 Å². The molecule has 2 heterocycles. The third kappa shape index (κ3) is 2.53. The molecule has 1 aliphatic carbocycles. The highest BCUT2D eigenvalue weighted by Crippen LogP contribution is 2.41. The predicted molar refractivity (Wildman–Crippen MR) is 84.8 cm³/mol. The quantitative estimate of drug-likeness (QED) is 0.631. The fraction of sp³-hybridized carbons (Fsp3) is 0.294. The van der Waals surface area contributed by atoms with E-state index < -0.39 is 11.7 Å². The van der Waals surface area contributed by atoms with E-state index in [0.717, 1.165) is 36.3 Å². The van der Waals surface area contributed by atoms with Gasteiger partial charge in [0.1, 0.15) is 0 Å². The van der Waals surface area contributed by atoms with Gasteiger partial charge >= 0.3 is 6.18 Å². The molecule has 0 radical (unpaired) electrons. The van der Waals surface area contributed by atoms with Gasteiger partial charge in [-0.1, -0.05) is 17.3 Å². The van der Waals surface area contributed by atoms with E-state index in [0.29, 0.717) is 11.5 Å². The summed E-state index contributed by atoms with van der Waals surface area (Å²) in [6.07, 6.45) is -1.24. The Balaban J connectivity index is 1.73. The van der Waals surface area contributed by atoms with Crippen LogP contribution in [0.25, 0.3) is 22.2 Å². The zero-order valence-electron chi connectivity index (χ0n) is 12.8. The van der Waals surface area contributed by atoms with Crippen LogP contribution in [0.2, 0.25) is 0 Å². The Kier molecular flexibility index (Phi) is 3.49. The van der Waals surface area contributed by atoms with Crippen molar-refractivity contribution in [1.29, 1.82) is 0 Å². The number of halogens is 3. The van der Waals surface area contributed by atoms with Gasteiger partial charge in [-0.15, -0.1) is 11.3 Å². The number of aryl methyl sites for hydroxylation is 1. The van der Waals surface area contributed by atoms with Gasteiger partial charge in [0.2, 0.25) is 5.82 Å². The fourth-order valence-electron chi connectivity index (χ4n) is 3.10. The summed E-state index contributed by atoms with van der Waals surface area (Å²) in [6, 6.07) is 4.97. The van der Waals surface area contributed by atoms with Gasteiger partial charge in [0.05, 0.1) is 10.4 Å². The molecule has 0 spiro atoms. The molecule has 0 saturated carbocycles. The molecule has 3 nitrogen and oxygen atoms in total. The molecule has 24 heavy (non-hydrogen) atoms. The fourth-order valence-corrected chi connectivity index (χ4v) is 4.27. The van der Waals surface area contributed by atoms with Crippen LogP contribution < -0.4 is 0 Å². The van der Waals surface area contributed by atoms with E-state index in [-0.39, 0.29) is 5.82 Å². The number of hydrogen-bond acceptors (Lipinski definition) is 4. The van der Waals surface area contributed by atoms with Crippen molar-refractivity contribution in [2.24, 2.45) is 0 Å². The Morgan fingerprint density at radius 1 is 1.17 bits per heavy atom. The normalized spacial score (nSPS) is 14.2.